The van der Waals surface area contributed by atoms with Crippen LogP contribution in [0.5, 0.6) is 0 Å². The zero-order chi connectivity index (χ0) is 16.9. The van der Waals surface area contributed by atoms with E-state index < -0.39 is 0 Å². The molecule has 0 amide bonds. The Morgan fingerprint density at radius 1 is 1.04 bits per heavy atom. The summed E-state index contributed by atoms with van der Waals surface area (Å²) >= 11 is 6.12. The lowest BCUT2D eigenvalue weighted by atomic mass is 10.2. The molecule has 0 aliphatic rings. The van der Waals surface area contributed by atoms with Crippen molar-refractivity contribution in [3.8, 4) is 6.07 Å². The molecule has 0 radical (unpaired) electrons. The van der Waals surface area contributed by atoms with Crippen LogP contribution in [0, 0.1) is 18.3 Å². The average molecular weight is 337 g/mol. The van der Waals surface area contributed by atoms with Crippen LogP contribution >= 0.6 is 11.6 Å². The highest BCUT2D eigenvalue weighted by Gasteiger charge is 2.04. The van der Waals surface area contributed by atoms with Gasteiger partial charge >= 0.3 is 0 Å². The molecular formula is C17H13ClN6. The molecule has 2 N–H and O–H groups in total. The van der Waals surface area contributed by atoms with Crippen molar-refractivity contribution in [1.29, 1.82) is 5.26 Å². The van der Waals surface area contributed by atoms with Gasteiger partial charge in [-0.1, -0.05) is 17.7 Å². The largest absolute Gasteiger partial charge is 0.339 e. The van der Waals surface area contributed by atoms with E-state index in [4.69, 9.17) is 16.9 Å². The third kappa shape index (κ3) is 3.77. The van der Waals surface area contributed by atoms with Gasteiger partial charge < -0.3 is 10.6 Å². The quantitative estimate of drug-likeness (QED) is 0.742. The van der Waals surface area contributed by atoms with Gasteiger partial charge in [-0.2, -0.15) is 15.3 Å². The molecule has 0 fully saturated rings. The van der Waals surface area contributed by atoms with Gasteiger partial charge in [-0.3, -0.25) is 0 Å². The Morgan fingerprint density at radius 3 is 2.50 bits per heavy atom. The van der Waals surface area contributed by atoms with Crippen molar-refractivity contribution < 1.29 is 0 Å². The molecule has 6 nitrogen and oxygen atoms in total. The third-order valence-electron chi connectivity index (χ3n) is 3.27. The van der Waals surface area contributed by atoms with Crippen LogP contribution < -0.4 is 10.6 Å². The van der Waals surface area contributed by atoms with Crippen LogP contribution in [-0.2, 0) is 0 Å². The SMILES string of the molecule is Cc1ccc(Nc2cnnc(Nc3ccc(C#N)cc3)n2)cc1Cl. The molecule has 118 valence electrons. The van der Waals surface area contributed by atoms with E-state index >= 15 is 0 Å². The first-order chi connectivity index (χ1) is 11.6. The van der Waals surface area contributed by atoms with Crippen molar-refractivity contribution in [3.63, 3.8) is 0 Å². The summed E-state index contributed by atoms with van der Waals surface area (Å²) in [4.78, 5) is 4.35. The zero-order valence-corrected chi connectivity index (χ0v) is 13.5. The van der Waals surface area contributed by atoms with Crippen molar-refractivity contribution in [2.75, 3.05) is 10.6 Å². The van der Waals surface area contributed by atoms with E-state index in [1.807, 2.05) is 25.1 Å². The molecule has 0 saturated carbocycles. The van der Waals surface area contributed by atoms with Crippen LogP contribution in [0.15, 0.2) is 48.7 Å². The molecule has 0 spiro atoms. The van der Waals surface area contributed by atoms with Crippen LogP contribution in [0.4, 0.5) is 23.1 Å². The predicted molar refractivity (Wildman–Crippen MR) is 93.7 cm³/mol. The zero-order valence-electron chi connectivity index (χ0n) is 12.8. The van der Waals surface area contributed by atoms with Crippen LogP contribution in [0.1, 0.15) is 11.1 Å². The molecule has 1 aromatic heterocycles. The fourth-order valence-corrected chi connectivity index (χ4v) is 2.17. The van der Waals surface area contributed by atoms with Crippen molar-refractivity contribution >= 4 is 34.7 Å². The molecule has 0 aliphatic carbocycles. The number of halogens is 1. The first kappa shape index (κ1) is 15.7. The molecule has 3 rings (SSSR count). The Bertz CT molecular complexity index is 902. The van der Waals surface area contributed by atoms with Crippen LogP contribution in [0.2, 0.25) is 5.02 Å². The molecule has 2 aromatic carbocycles. The average Bonchev–Trinajstić information content (AvgIpc) is 2.59. The molecule has 0 bridgehead atoms. The van der Waals surface area contributed by atoms with Crippen molar-refractivity contribution in [2.45, 2.75) is 6.92 Å². The van der Waals surface area contributed by atoms with Gasteiger partial charge in [0, 0.05) is 16.4 Å². The summed E-state index contributed by atoms with van der Waals surface area (Å²) in [7, 11) is 0. The lowest BCUT2D eigenvalue weighted by Crippen LogP contribution is -2.02. The molecule has 0 saturated heterocycles. The number of benzene rings is 2. The molecule has 1 heterocycles. The summed E-state index contributed by atoms with van der Waals surface area (Å²) in [6.07, 6.45) is 1.53. The number of anilines is 4. The van der Waals surface area contributed by atoms with E-state index in [0.29, 0.717) is 22.4 Å². The van der Waals surface area contributed by atoms with Crippen molar-refractivity contribution in [1.82, 2.24) is 15.2 Å². The van der Waals surface area contributed by atoms with Crippen LogP contribution in [0.25, 0.3) is 0 Å². The van der Waals surface area contributed by atoms with E-state index in [2.05, 4.69) is 31.9 Å². The number of aryl methyl sites for hydroxylation is 1. The summed E-state index contributed by atoms with van der Waals surface area (Å²) in [6.45, 7) is 1.94. The molecule has 0 aliphatic heterocycles. The Morgan fingerprint density at radius 2 is 1.79 bits per heavy atom. The molecule has 0 unspecified atom stereocenters. The topological polar surface area (TPSA) is 86.5 Å². The minimum absolute atomic E-state index is 0.350. The van der Waals surface area contributed by atoms with E-state index in [1.54, 1.807) is 24.3 Å². The van der Waals surface area contributed by atoms with Gasteiger partial charge in [0.05, 0.1) is 17.8 Å². The second-order valence-electron chi connectivity index (χ2n) is 5.07. The van der Waals surface area contributed by atoms with Gasteiger partial charge in [-0.05, 0) is 48.9 Å². The second-order valence-corrected chi connectivity index (χ2v) is 5.48. The van der Waals surface area contributed by atoms with Crippen molar-refractivity contribution in [2.24, 2.45) is 0 Å². The van der Waals surface area contributed by atoms with Gasteiger partial charge in [0.1, 0.15) is 0 Å². The Kier molecular flexibility index (Phi) is 4.54. The fourth-order valence-electron chi connectivity index (χ4n) is 1.99. The molecule has 3 aromatic rings. The Hall–Kier alpha value is -3.17. The highest BCUT2D eigenvalue weighted by atomic mass is 35.5. The maximum absolute atomic E-state index is 8.81. The minimum Gasteiger partial charge on any atom is -0.339 e. The minimum atomic E-state index is 0.350. The summed E-state index contributed by atoms with van der Waals surface area (Å²) in [5.41, 5.74) is 3.18. The normalized spacial score (nSPS) is 10.0. The summed E-state index contributed by atoms with van der Waals surface area (Å²) in [5, 5.41) is 23.5. The number of aromatic nitrogens is 3. The molecular weight excluding hydrogens is 324 g/mol. The smallest absolute Gasteiger partial charge is 0.249 e. The number of hydrogen-bond donors (Lipinski definition) is 2. The Balaban J connectivity index is 1.75. The van der Waals surface area contributed by atoms with Gasteiger partial charge in [-0.25, -0.2) is 0 Å². The highest BCUT2D eigenvalue weighted by Crippen LogP contribution is 2.22. The van der Waals surface area contributed by atoms with Gasteiger partial charge in [0.15, 0.2) is 5.82 Å². The number of hydrogen-bond acceptors (Lipinski definition) is 6. The number of nitriles is 1. The first-order valence-electron chi connectivity index (χ1n) is 7.14. The summed E-state index contributed by atoms with van der Waals surface area (Å²) < 4.78 is 0. The monoisotopic (exact) mass is 336 g/mol. The fraction of sp³-hybridized carbons (Fsp3) is 0.0588. The molecule has 7 heteroatoms. The van der Waals surface area contributed by atoms with Crippen molar-refractivity contribution in [3.05, 3.63) is 64.8 Å². The number of rotatable bonds is 4. The van der Waals surface area contributed by atoms with Gasteiger partial charge in [-0.15, -0.1) is 5.10 Å². The Labute approximate surface area is 144 Å². The number of nitrogens with zero attached hydrogens (tertiary/aromatic N) is 4. The lowest BCUT2D eigenvalue weighted by molar-refractivity contribution is 0.982. The molecule has 24 heavy (non-hydrogen) atoms. The third-order valence-corrected chi connectivity index (χ3v) is 3.68. The van der Waals surface area contributed by atoms with Crippen LogP contribution in [0.3, 0.4) is 0 Å². The second kappa shape index (κ2) is 6.94. The van der Waals surface area contributed by atoms with E-state index in [1.165, 1.54) is 6.20 Å². The lowest BCUT2D eigenvalue weighted by Gasteiger charge is -2.08. The van der Waals surface area contributed by atoms with Crippen LogP contribution in [-0.4, -0.2) is 15.2 Å². The van der Waals surface area contributed by atoms with E-state index in [0.717, 1.165) is 16.9 Å². The molecule has 0 atom stereocenters. The standard InChI is InChI=1S/C17H13ClN6/c1-11-2-5-14(8-15(11)18)21-16-10-20-24-17(23-16)22-13-6-3-12(9-19)4-7-13/h2-8,10H,1H3,(H2,21,22,23,24). The predicted octanol–water partition coefficient (Wildman–Crippen LogP) is 4.19. The summed E-state index contributed by atoms with van der Waals surface area (Å²) in [6, 6.07) is 14.7. The highest BCUT2D eigenvalue weighted by molar-refractivity contribution is 6.31. The maximum atomic E-state index is 8.81. The first-order valence-corrected chi connectivity index (χ1v) is 7.52. The number of nitrogens with one attached hydrogen (secondary N) is 2. The van der Waals surface area contributed by atoms with Gasteiger partial charge in [0.2, 0.25) is 5.95 Å². The van der Waals surface area contributed by atoms with E-state index in [-0.39, 0.29) is 0 Å². The maximum Gasteiger partial charge on any atom is 0.249 e. The van der Waals surface area contributed by atoms with Gasteiger partial charge in [0.25, 0.3) is 0 Å². The van der Waals surface area contributed by atoms with E-state index in [9.17, 15) is 0 Å². The summed E-state index contributed by atoms with van der Waals surface area (Å²) in [5.74, 6) is 0.893.